The quantitative estimate of drug-likeness (QED) is 0.491. The number of pyridine rings is 1. The number of aromatic nitrogens is 1. The molecule has 0 spiro atoms. The van der Waals surface area contributed by atoms with Gasteiger partial charge in [0.1, 0.15) is 12.1 Å². The predicted octanol–water partition coefficient (Wildman–Crippen LogP) is 5.10. The van der Waals surface area contributed by atoms with Crippen LogP contribution in [0.25, 0.3) is 10.8 Å². The second-order valence-electron chi connectivity index (χ2n) is 12.7. The van der Waals surface area contributed by atoms with Crippen molar-refractivity contribution in [1.82, 2.24) is 9.88 Å². The van der Waals surface area contributed by atoms with Crippen LogP contribution in [0, 0.1) is 16.7 Å². The molecule has 1 aromatic heterocycles. The molecule has 1 amide bonds. The zero-order chi connectivity index (χ0) is 28.4. The van der Waals surface area contributed by atoms with Gasteiger partial charge in [0.05, 0.1) is 32.1 Å². The Morgan fingerprint density at radius 3 is 2.69 bits per heavy atom. The Labute approximate surface area is 231 Å². The molecule has 8 heteroatoms. The molecular formula is C31H42N2O6. The molecule has 3 heterocycles. The van der Waals surface area contributed by atoms with Crippen LogP contribution in [-0.2, 0) is 30.3 Å². The standard InChI is InChI=1S/C31H42N2O6/c1-7-37-29(36)25-16-22-18-33(25)28(35)24(30(2,3)4)17-26(34)38-19-31(5,6)13-8-9-20-10-11-21-12-14-32-27(39-22)23(21)15-20/h10-12,14-15,22,24-25H,7-9,13,16-19H2,1-6H3/t22-,24+,25-/m0/s1. The average molecular weight is 539 g/mol. The molecule has 0 saturated carbocycles. The average Bonchev–Trinajstić information content (AvgIpc) is 3.29. The highest BCUT2D eigenvalue weighted by atomic mass is 16.5. The van der Waals surface area contributed by atoms with Crippen molar-refractivity contribution in [1.29, 1.82) is 0 Å². The number of carbonyl (C=O) groups excluding carboxylic acids is 3. The summed E-state index contributed by atoms with van der Waals surface area (Å²) >= 11 is 0. The Bertz CT molecular complexity index is 1220. The van der Waals surface area contributed by atoms with E-state index < -0.39 is 35.4 Å². The second-order valence-corrected chi connectivity index (χ2v) is 12.7. The molecule has 2 aliphatic rings. The van der Waals surface area contributed by atoms with E-state index in [2.05, 4.69) is 37.0 Å². The zero-order valence-electron chi connectivity index (χ0n) is 24.1. The number of carbonyl (C=O) groups is 3. The number of fused-ring (bicyclic) bond motifs is 3. The number of cyclic esters (lactones) is 1. The monoisotopic (exact) mass is 538 g/mol. The van der Waals surface area contributed by atoms with E-state index in [1.54, 1.807) is 13.1 Å². The SMILES string of the molecule is CCOC(=O)[C@@H]1C[C@H]2CN1C(=O)[C@H](C(C)(C)C)CC(=O)OCC(C)(C)CCCc1ccc3ccnc(c3c1)O2. The van der Waals surface area contributed by atoms with Crippen molar-refractivity contribution < 1.29 is 28.6 Å². The molecule has 2 aliphatic heterocycles. The number of hydrogen-bond donors (Lipinski definition) is 0. The Kier molecular flexibility index (Phi) is 8.52. The summed E-state index contributed by atoms with van der Waals surface area (Å²) in [5, 5.41) is 1.93. The van der Waals surface area contributed by atoms with Crippen molar-refractivity contribution in [2.75, 3.05) is 19.8 Å². The first kappa shape index (κ1) is 28.8. The van der Waals surface area contributed by atoms with Crippen LogP contribution in [0.4, 0.5) is 0 Å². The van der Waals surface area contributed by atoms with Gasteiger partial charge in [-0.05, 0) is 60.1 Å². The fourth-order valence-electron chi connectivity index (χ4n) is 5.49. The lowest BCUT2D eigenvalue weighted by Gasteiger charge is -2.34. The molecule has 3 atom stereocenters. The molecule has 4 rings (SSSR count). The molecule has 212 valence electrons. The maximum Gasteiger partial charge on any atom is 0.328 e. The summed E-state index contributed by atoms with van der Waals surface area (Å²) in [4.78, 5) is 46.1. The number of nitrogens with zero attached hydrogens (tertiary/aromatic N) is 2. The summed E-state index contributed by atoms with van der Waals surface area (Å²) in [6, 6.07) is 7.47. The van der Waals surface area contributed by atoms with Gasteiger partial charge in [-0.15, -0.1) is 0 Å². The Hall–Kier alpha value is -3.16. The summed E-state index contributed by atoms with van der Waals surface area (Å²) in [7, 11) is 0. The molecule has 2 aromatic rings. The molecule has 0 radical (unpaired) electrons. The van der Waals surface area contributed by atoms with Crippen LogP contribution in [0.2, 0.25) is 0 Å². The maximum absolute atomic E-state index is 14.0. The van der Waals surface area contributed by atoms with Gasteiger partial charge in [-0.2, -0.15) is 0 Å². The summed E-state index contributed by atoms with van der Waals surface area (Å²) in [5.74, 6) is -1.31. The molecule has 1 saturated heterocycles. The van der Waals surface area contributed by atoms with Crippen LogP contribution in [0.3, 0.4) is 0 Å². The third-order valence-electron chi connectivity index (χ3n) is 7.83. The number of hydrogen-bond acceptors (Lipinski definition) is 7. The number of rotatable bonds is 2. The van der Waals surface area contributed by atoms with Gasteiger partial charge < -0.3 is 19.1 Å². The topological polar surface area (TPSA) is 95.0 Å². The van der Waals surface area contributed by atoms with Gasteiger partial charge in [0.15, 0.2) is 0 Å². The Morgan fingerprint density at radius 2 is 1.97 bits per heavy atom. The van der Waals surface area contributed by atoms with Gasteiger partial charge in [-0.3, -0.25) is 9.59 Å². The largest absolute Gasteiger partial charge is 0.472 e. The highest BCUT2D eigenvalue weighted by molar-refractivity contribution is 5.90. The van der Waals surface area contributed by atoms with Crippen LogP contribution in [0.15, 0.2) is 30.5 Å². The van der Waals surface area contributed by atoms with E-state index in [1.807, 2.05) is 26.8 Å². The maximum atomic E-state index is 14.0. The van der Waals surface area contributed by atoms with Gasteiger partial charge in [-0.1, -0.05) is 46.8 Å². The smallest absolute Gasteiger partial charge is 0.328 e. The fraction of sp³-hybridized carbons (Fsp3) is 0.613. The van der Waals surface area contributed by atoms with E-state index in [0.29, 0.717) is 5.88 Å². The molecule has 0 N–H and O–H groups in total. The normalized spacial score (nSPS) is 24.6. The number of benzene rings is 1. The highest BCUT2D eigenvalue weighted by Crippen LogP contribution is 2.36. The molecule has 39 heavy (non-hydrogen) atoms. The molecule has 8 nitrogen and oxygen atoms in total. The van der Waals surface area contributed by atoms with E-state index in [9.17, 15) is 14.4 Å². The number of amides is 1. The fourth-order valence-corrected chi connectivity index (χ4v) is 5.49. The first-order valence-electron chi connectivity index (χ1n) is 14.0. The van der Waals surface area contributed by atoms with E-state index in [-0.39, 0.29) is 43.9 Å². The highest BCUT2D eigenvalue weighted by Gasteiger charge is 2.46. The third kappa shape index (κ3) is 6.89. The van der Waals surface area contributed by atoms with Crippen LogP contribution in [0.5, 0.6) is 5.88 Å². The van der Waals surface area contributed by atoms with Crippen LogP contribution in [-0.4, -0.2) is 59.6 Å². The van der Waals surface area contributed by atoms with Gasteiger partial charge >= 0.3 is 11.9 Å². The van der Waals surface area contributed by atoms with E-state index in [0.717, 1.165) is 30.0 Å². The lowest BCUT2D eigenvalue weighted by Crippen LogP contribution is -2.48. The minimum Gasteiger partial charge on any atom is -0.472 e. The van der Waals surface area contributed by atoms with Gasteiger partial charge in [0.2, 0.25) is 11.8 Å². The summed E-state index contributed by atoms with van der Waals surface area (Å²) < 4.78 is 17.4. The van der Waals surface area contributed by atoms with Crippen molar-refractivity contribution in [2.24, 2.45) is 16.7 Å². The molecule has 1 aromatic carbocycles. The van der Waals surface area contributed by atoms with Crippen LogP contribution < -0.4 is 4.74 Å². The van der Waals surface area contributed by atoms with E-state index in [1.165, 1.54) is 10.5 Å². The molecule has 1 fully saturated rings. The second kappa shape index (κ2) is 11.5. The van der Waals surface area contributed by atoms with Gasteiger partial charge in [0, 0.05) is 18.0 Å². The zero-order valence-corrected chi connectivity index (χ0v) is 24.1. The van der Waals surface area contributed by atoms with E-state index in [4.69, 9.17) is 14.2 Å². The van der Waals surface area contributed by atoms with Crippen LogP contribution >= 0.6 is 0 Å². The van der Waals surface area contributed by atoms with Crippen molar-refractivity contribution in [3.05, 3.63) is 36.0 Å². The van der Waals surface area contributed by atoms with Crippen LogP contribution in [0.1, 0.15) is 72.8 Å². The number of aryl methyl sites for hydroxylation is 1. The van der Waals surface area contributed by atoms with Crippen molar-refractivity contribution >= 4 is 28.6 Å². The summed E-state index contributed by atoms with van der Waals surface area (Å²) in [6.45, 7) is 12.4. The Balaban J connectivity index is 1.73. The van der Waals surface area contributed by atoms with E-state index >= 15 is 0 Å². The summed E-state index contributed by atoms with van der Waals surface area (Å²) in [6.07, 6.45) is 4.21. The lowest BCUT2D eigenvalue weighted by molar-refractivity contribution is -0.158. The van der Waals surface area contributed by atoms with Gasteiger partial charge in [-0.25, -0.2) is 9.78 Å². The lowest BCUT2D eigenvalue weighted by atomic mass is 9.77. The molecule has 4 bridgehead atoms. The summed E-state index contributed by atoms with van der Waals surface area (Å²) in [5.41, 5.74) is 0.444. The first-order chi connectivity index (χ1) is 18.4. The van der Waals surface area contributed by atoms with Crippen molar-refractivity contribution in [3.8, 4) is 5.88 Å². The number of esters is 2. The minimum atomic E-state index is -0.796. The Morgan fingerprint density at radius 1 is 1.21 bits per heavy atom. The van der Waals surface area contributed by atoms with Crippen molar-refractivity contribution in [3.63, 3.8) is 0 Å². The number of ether oxygens (including phenoxy) is 3. The molecule has 0 unspecified atom stereocenters. The van der Waals surface area contributed by atoms with Gasteiger partial charge in [0.25, 0.3) is 0 Å². The minimum absolute atomic E-state index is 0.0542. The predicted molar refractivity (Wildman–Crippen MR) is 148 cm³/mol. The molecule has 0 aliphatic carbocycles. The van der Waals surface area contributed by atoms with Crippen molar-refractivity contribution in [2.45, 2.75) is 85.8 Å². The third-order valence-corrected chi connectivity index (χ3v) is 7.83. The first-order valence-corrected chi connectivity index (χ1v) is 14.0. The molecular weight excluding hydrogens is 496 g/mol.